The number of nitrogen functional groups attached to an aromatic ring is 1. The SMILES string of the molecule is CC(C)(O/N=C(\C(=O)NC1C(=O)N(S(=O)(=O)O)C1COC(N)=O)c1csc(N)n1)C(=O)O. The quantitative estimate of drug-likeness (QED) is 0.107. The molecular weight excluding hydrogens is 476 g/mol. The predicted molar refractivity (Wildman–Crippen MR) is 106 cm³/mol. The lowest BCUT2D eigenvalue weighted by molar-refractivity contribution is -0.161. The largest absolute Gasteiger partial charge is 0.478 e. The number of hydrogen-bond acceptors (Lipinski definition) is 12. The number of carboxylic acid groups (broad SMARTS) is 1. The Balaban J connectivity index is 2.32. The van der Waals surface area contributed by atoms with E-state index >= 15 is 0 Å². The molecule has 1 aliphatic heterocycles. The second kappa shape index (κ2) is 8.93. The third-order valence-electron chi connectivity index (χ3n) is 3.96. The summed E-state index contributed by atoms with van der Waals surface area (Å²) >= 11 is 0.920. The molecule has 1 fully saturated rings. The molecule has 2 rings (SSSR count). The van der Waals surface area contributed by atoms with Crippen LogP contribution in [-0.2, 0) is 34.3 Å². The number of aromatic nitrogens is 1. The summed E-state index contributed by atoms with van der Waals surface area (Å²) in [5, 5.41) is 16.1. The number of carbonyl (C=O) groups excluding carboxylic acids is 3. The van der Waals surface area contributed by atoms with Gasteiger partial charge in [-0.1, -0.05) is 5.16 Å². The fourth-order valence-electron chi connectivity index (χ4n) is 2.30. The van der Waals surface area contributed by atoms with E-state index in [0.29, 0.717) is 0 Å². The fourth-order valence-corrected chi connectivity index (χ4v) is 3.72. The molecule has 16 nitrogen and oxygen atoms in total. The first kappa shape index (κ1) is 24.8. The molecule has 32 heavy (non-hydrogen) atoms. The minimum Gasteiger partial charge on any atom is -0.478 e. The zero-order valence-corrected chi connectivity index (χ0v) is 18.0. The number of nitrogens with zero attached hydrogens (tertiary/aromatic N) is 3. The first-order chi connectivity index (χ1) is 14.6. The van der Waals surface area contributed by atoms with Crippen molar-refractivity contribution in [2.45, 2.75) is 31.5 Å². The molecule has 0 spiro atoms. The predicted octanol–water partition coefficient (Wildman–Crippen LogP) is -2.10. The summed E-state index contributed by atoms with van der Waals surface area (Å²) in [6, 6.07) is -3.11. The van der Waals surface area contributed by atoms with Gasteiger partial charge in [-0.05, 0) is 13.8 Å². The lowest BCUT2D eigenvalue weighted by Crippen LogP contribution is -2.73. The number of aliphatic carboxylic acids is 1. The van der Waals surface area contributed by atoms with Crippen molar-refractivity contribution < 1.29 is 46.8 Å². The van der Waals surface area contributed by atoms with E-state index in [9.17, 15) is 32.1 Å². The first-order valence-corrected chi connectivity index (χ1v) is 10.7. The minimum absolute atomic E-state index is 0.0113. The topological polar surface area (TPSA) is 254 Å². The zero-order chi connectivity index (χ0) is 24.4. The summed E-state index contributed by atoms with van der Waals surface area (Å²) in [6.07, 6.45) is -1.30. The first-order valence-electron chi connectivity index (χ1n) is 8.40. The summed E-state index contributed by atoms with van der Waals surface area (Å²) in [7, 11) is -5.04. The molecule has 0 aromatic carbocycles. The Morgan fingerprint density at radius 2 is 2.03 bits per heavy atom. The molecule has 7 N–H and O–H groups in total. The molecule has 1 aromatic heterocycles. The lowest BCUT2D eigenvalue weighted by atomic mass is 9.99. The highest BCUT2D eigenvalue weighted by Gasteiger charge is 2.55. The Morgan fingerprint density at radius 1 is 1.41 bits per heavy atom. The number of oxime groups is 1. The number of amides is 3. The Morgan fingerprint density at radius 3 is 2.50 bits per heavy atom. The van der Waals surface area contributed by atoms with Crippen LogP contribution in [0.25, 0.3) is 0 Å². The summed E-state index contributed by atoms with van der Waals surface area (Å²) < 4.78 is 36.4. The van der Waals surface area contributed by atoms with Crippen molar-refractivity contribution in [2.75, 3.05) is 12.3 Å². The van der Waals surface area contributed by atoms with Gasteiger partial charge in [0.2, 0.25) is 5.60 Å². The van der Waals surface area contributed by atoms with Gasteiger partial charge in [-0.2, -0.15) is 8.42 Å². The third kappa shape index (κ3) is 5.39. The van der Waals surface area contributed by atoms with Crippen molar-refractivity contribution in [1.82, 2.24) is 14.6 Å². The molecule has 1 aromatic rings. The number of thiazole rings is 1. The summed E-state index contributed by atoms with van der Waals surface area (Å²) in [4.78, 5) is 55.8. The molecular formula is C14H18N6O10S2. The van der Waals surface area contributed by atoms with Gasteiger partial charge in [0.25, 0.3) is 11.8 Å². The van der Waals surface area contributed by atoms with Crippen molar-refractivity contribution in [3.05, 3.63) is 11.1 Å². The number of β-lactam (4-membered cyclic amide) rings is 1. The van der Waals surface area contributed by atoms with E-state index in [-0.39, 0.29) is 15.1 Å². The Kier molecular flexibility index (Phi) is 6.90. The molecule has 176 valence electrons. The highest BCUT2D eigenvalue weighted by atomic mass is 32.2. The minimum atomic E-state index is -5.04. The molecule has 1 saturated heterocycles. The van der Waals surface area contributed by atoms with E-state index in [0.717, 1.165) is 25.2 Å². The van der Waals surface area contributed by atoms with Crippen LogP contribution in [-0.4, -0.2) is 81.2 Å². The average molecular weight is 494 g/mol. The number of carboxylic acids is 1. The van der Waals surface area contributed by atoms with Gasteiger partial charge >= 0.3 is 22.4 Å². The summed E-state index contributed by atoms with van der Waals surface area (Å²) in [5.74, 6) is -3.78. The van der Waals surface area contributed by atoms with Crippen molar-refractivity contribution in [3.63, 3.8) is 0 Å². The van der Waals surface area contributed by atoms with Gasteiger partial charge < -0.3 is 31.5 Å². The number of primary amides is 1. The smallest absolute Gasteiger partial charge is 0.404 e. The maximum absolute atomic E-state index is 12.8. The third-order valence-corrected chi connectivity index (χ3v) is 5.58. The number of anilines is 1. The van der Waals surface area contributed by atoms with Crippen LogP contribution < -0.4 is 16.8 Å². The van der Waals surface area contributed by atoms with Gasteiger partial charge in [-0.3, -0.25) is 14.1 Å². The van der Waals surface area contributed by atoms with Gasteiger partial charge in [-0.25, -0.2) is 18.9 Å². The van der Waals surface area contributed by atoms with Crippen LogP contribution in [0.2, 0.25) is 0 Å². The van der Waals surface area contributed by atoms with Crippen LogP contribution in [0, 0.1) is 0 Å². The Labute approximate surface area is 184 Å². The zero-order valence-electron chi connectivity index (χ0n) is 16.4. The van der Waals surface area contributed by atoms with E-state index in [1.54, 1.807) is 0 Å². The molecule has 18 heteroatoms. The second-order valence-electron chi connectivity index (χ2n) is 6.68. The molecule has 0 radical (unpaired) electrons. The van der Waals surface area contributed by atoms with Crippen LogP contribution in [0.1, 0.15) is 19.5 Å². The highest BCUT2D eigenvalue weighted by molar-refractivity contribution is 7.84. The standard InChI is InChI=1S/C14H18N6O10S2/c1-14(2,11(23)24)30-19-7(5-4-31-12(15)17-5)9(21)18-8-6(3-29-13(16)25)20(10(8)22)32(26,27)28/h4,6,8H,3H2,1-2H3,(H2,15,17)(H2,16,25)(H,18,21)(H,23,24)(H,26,27,28)/b19-7-. The molecule has 2 heterocycles. The maximum atomic E-state index is 12.8. The fraction of sp³-hybridized carbons (Fsp3) is 0.429. The monoisotopic (exact) mass is 494 g/mol. The van der Waals surface area contributed by atoms with Crippen molar-refractivity contribution in [3.8, 4) is 0 Å². The van der Waals surface area contributed by atoms with E-state index < -0.39 is 64.2 Å². The van der Waals surface area contributed by atoms with Crippen LogP contribution in [0.15, 0.2) is 10.5 Å². The van der Waals surface area contributed by atoms with Crippen molar-refractivity contribution in [1.29, 1.82) is 0 Å². The molecule has 3 amide bonds. The van der Waals surface area contributed by atoms with E-state index in [4.69, 9.17) is 21.4 Å². The second-order valence-corrected chi connectivity index (χ2v) is 8.86. The Bertz CT molecular complexity index is 1080. The van der Waals surface area contributed by atoms with Gasteiger partial charge in [0.15, 0.2) is 10.8 Å². The van der Waals surface area contributed by atoms with E-state index in [2.05, 4.69) is 20.2 Å². The van der Waals surface area contributed by atoms with Crippen LogP contribution >= 0.6 is 11.3 Å². The molecule has 1 aliphatic rings. The van der Waals surface area contributed by atoms with Gasteiger partial charge in [0.1, 0.15) is 24.4 Å². The molecule has 0 saturated carbocycles. The van der Waals surface area contributed by atoms with Gasteiger partial charge in [0.05, 0.1) is 0 Å². The molecule has 2 atom stereocenters. The van der Waals surface area contributed by atoms with Crippen LogP contribution in [0.3, 0.4) is 0 Å². The molecule has 2 unspecified atom stereocenters. The Hall–Kier alpha value is -3.51. The van der Waals surface area contributed by atoms with Crippen LogP contribution in [0.5, 0.6) is 0 Å². The molecule has 0 bridgehead atoms. The number of ether oxygens (including phenoxy) is 1. The lowest BCUT2D eigenvalue weighted by Gasteiger charge is -2.43. The normalized spacial score (nSPS) is 19.2. The van der Waals surface area contributed by atoms with Crippen LogP contribution in [0.4, 0.5) is 9.93 Å². The van der Waals surface area contributed by atoms with Gasteiger partial charge in [-0.15, -0.1) is 11.3 Å². The van der Waals surface area contributed by atoms with E-state index in [1.165, 1.54) is 5.38 Å². The summed E-state index contributed by atoms with van der Waals surface area (Å²) in [6.45, 7) is 1.53. The number of carbonyl (C=O) groups is 4. The number of nitrogens with one attached hydrogen (secondary N) is 1. The van der Waals surface area contributed by atoms with Crippen molar-refractivity contribution in [2.24, 2.45) is 10.9 Å². The average Bonchev–Trinajstić information content (AvgIpc) is 3.07. The van der Waals surface area contributed by atoms with E-state index in [1.807, 2.05) is 0 Å². The number of nitrogens with two attached hydrogens (primary N) is 2. The number of rotatable bonds is 9. The van der Waals surface area contributed by atoms with Crippen molar-refractivity contribution >= 4 is 56.4 Å². The molecule has 0 aliphatic carbocycles. The summed E-state index contributed by atoms with van der Waals surface area (Å²) in [5.41, 5.74) is 7.79. The van der Waals surface area contributed by atoms with Gasteiger partial charge in [0, 0.05) is 5.38 Å². The maximum Gasteiger partial charge on any atom is 0.404 e. The number of hydrogen-bond donors (Lipinski definition) is 5. The highest BCUT2D eigenvalue weighted by Crippen LogP contribution is 2.24.